The first-order valence-electron chi connectivity index (χ1n) is 8.53. The van der Waals surface area contributed by atoms with E-state index in [9.17, 15) is 9.18 Å². The van der Waals surface area contributed by atoms with Gasteiger partial charge < -0.3 is 14.5 Å². The van der Waals surface area contributed by atoms with Gasteiger partial charge in [-0.15, -0.1) is 0 Å². The molecule has 1 aliphatic heterocycles. The average Bonchev–Trinajstić information content (AvgIpc) is 2.83. The van der Waals surface area contributed by atoms with Crippen LogP contribution in [0.5, 0.6) is 5.75 Å². The highest BCUT2D eigenvalue weighted by molar-refractivity contribution is 5.96. The van der Waals surface area contributed by atoms with Gasteiger partial charge in [-0.25, -0.2) is 9.97 Å². The maximum atomic E-state index is 13.4. The molecule has 0 aromatic carbocycles. The summed E-state index contributed by atoms with van der Waals surface area (Å²) in [6.45, 7) is 5.60. The molecule has 2 aromatic heterocycles. The largest absolute Gasteiger partial charge is 0.495 e. The molecule has 1 unspecified atom stereocenters. The summed E-state index contributed by atoms with van der Waals surface area (Å²) in [5.41, 5.74) is 1.32. The molecule has 1 fully saturated rings. The molecule has 3 rings (SSSR count). The van der Waals surface area contributed by atoms with Gasteiger partial charge in [0, 0.05) is 43.5 Å². The van der Waals surface area contributed by atoms with E-state index in [1.807, 2.05) is 18.7 Å². The number of methoxy groups -OCH3 is 1. The highest BCUT2D eigenvalue weighted by Crippen LogP contribution is 2.23. The SMILES string of the molecule is COc1cncc(C(=O)N2CCC(C)N(c3cc(F)ncn3)CC2)c1C. The summed E-state index contributed by atoms with van der Waals surface area (Å²) in [5, 5.41) is 0. The minimum atomic E-state index is -0.558. The van der Waals surface area contributed by atoms with Crippen LogP contribution in [-0.2, 0) is 0 Å². The van der Waals surface area contributed by atoms with Crippen molar-refractivity contribution in [2.45, 2.75) is 26.3 Å². The Bertz CT molecular complexity index is 801. The first kappa shape index (κ1) is 18.0. The topological polar surface area (TPSA) is 71.5 Å². The fourth-order valence-corrected chi connectivity index (χ4v) is 3.18. The van der Waals surface area contributed by atoms with E-state index >= 15 is 0 Å². The Labute approximate surface area is 151 Å². The van der Waals surface area contributed by atoms with Gasteiger partial charge >= 0.3 is 0 Å². The second-order valence-corrected chi connectivity index (χ2v) is 6.34. The van der Waals surface area contributed by atoms with Crippen LogP contribution in [0.25, 0.3) is 0 Å². The molecule has 0 saturated carbocycles. The number of pyridine rings is 1. The van der Waals surface area contributed by atoms with Gasteiger partial charge in [-0.3, -0.25) is 9.78 Å². The van der Waals surface area contributed by atoms with Gasteiger partial charge in [-0.1, -0.05) is 0 Å². The standard InChI is InChI=1S/C18H22FN5O2/c1-12-4-5-23(6-7-24(12)17-8-16(19)21-11-22-17)18(25)14-9-20-10-15(26-3)13(14)2/h8-12H,4-7H2,1-3H3. The first-order valence-corrected chi connectivity index (χ1v) is 8.53. The van der Waals surface area contributed by atoms with Crippen molar-refractivity contribution in [3.63, 3.8) is 0 Å². The summed E-state index contributed by atoms with van der Waals surface area (Å²) in [7, 11) is 1.56. The first-order chi connectivity index (χ1) is 12.5. The van der Waals surface area contributed by atoms with E-state index in [4.69, 9.17) is 4.74 Å². The number of ether oxygens (including phenoxy) is 1. The van der Waals surface area contributed by atoms with Crippen molar-refractivity contribution in [2.24, 2.45) is 0 Å². The molecule has 2 aromatic rings. The van der Waals surface area contributed by atoms with Crippen molar-refractivity contribution in [1.82, 2.24) is 19.9 Å². The summed E-state index contributed by atoms with van der Waals surface area (Å²) in [4.78, 5) is 28.6. The zero-order chi connectivity index (χ0) is 18.7. The van der Waals surface area contributed by atoms with Gasteiger partial charge in [0.15, 0.2) is 0 Å². The fourth-order valence-electron chi connectivity index (χ4n) is 3.18. The van der Waals surface area contributed by atoms with Gasteiger partial charge in [-0.05, 0) is 20.3 Å². The van der Waals surface area contributed by atoms with E-state index in [1.165, 1.54) is 12.4 Å². The smallest absolute Gasteiger partial charge is 0.255 e. The Balaban J connectivity index is 1.79. The predicted molar refractivity (Wildman–Crippen MR) is 94.8 cm³/mol. The van der Waals surface area contributed by atoms with Crippen molar-refractivity contribution in [1.29, 1.82) is 0 Å². The van der Waals surface area contributed by atoms with Gasteiger partial charge in [0.1, 0.15) is 17.9 Å². The summed E-state index contributed by atoms with van der Waals surface area (Å²) < 4.78 is 18.7. The third kappa shape index (κ3) is 3.58. The number of carbonyl (C=O) groups excluding carboxylic acids is 1. The van der Waals surface area contributed by atoms with Gasteiger partial charge in [0.05, 0.1) is 18.9 Å². The second kappa shape index (κ2) is 7.63. The predicted octanol–water partition coefficient (Wildman–Crippen LogP) is 2.07. The van der Waals surface area contributed by atoms with E-state index in [0.717, 1.165) is 12.0 Å². The van der Waals surface area contributed by atoms with Crippen LogP contribution in [0.2, 0.25) is 0 Å². The zero-order valence-corrected chi connectivity index (χ0v) is 15.1. The van der Waals surface area contributed by atoms with Crippen LogP contribution in [0, 0.1) is 12.9 Å². The molecule has 0 radical (unpaired) electrons. The molecule has 7 nitrogen and oxygen atoms in total. The van der Waals surface area contributed by atoms with Crippen molar-refractivity contribution < 1.29 is 13.9 Å². The molecule has 8 heteroatoms. The second-order valence-electron chi connectivity index (χ2n) is 6.34. The van der Waals surface area contributed by atoms with E-state index in [-0.39, 0.29) is 11.9 Å². The number of carbonyl (C=O) groups is 1. The molecular formula is C18H22FN5O2. The molecular weight excluding hydrogens is 337 g/mol. The number of hydrogen-bond donors (Lipinski definition) is 0. The lowest BCUT2D eigenvalue weighted by Crippen LogP contribution is -2.37. The minimum absolute atomic E-state index is 0.0724. The number of rotatable bonds is 3. The third-order valence-corrected chi connectivity index (χ3v) is 4.78. The van der Waals surface area contributed by atoms with Crippen LogP contribution in [0.3, 0.4) is 0 Å². The molecule has 26 heavy (non-hydrogen) atoms. The molecule has 1 saturated heterocycles. The lowest BCUT2D eigenvalue weighted by Gasteiger charge is -2.27. The molecule has 138 valence electrons. The van der Waals surface area contributed by atoms with Crippen LogP contribution in [0.4, 0.5) is 10.2 Å². The average molecular weight is 359 g/mol. The van der Waals surface area contributed by atoms with Crippen LogP contribution in [0.15, 0.2) is 24.8 Å². The molecule has 0 aliphatic carbocycles. The Morgan fingerprint density at radius 3 is 2.81 bits per heavy atom. The summed E-state index contributed by atoms with van der Waals surface area (Å²) in [6, 6.07) is 1.45. The lowest BCUT2D eigenvalue weighted by atomic mass is 10.1. The van der Waals surface area contributed by atoms with Crippen LogP contribution < -0.4 is 9.64 Å². The van der Waals surface area contributed by atoms with E-state index in [2.05, 4.69) is 15.0 Å². The van der Waals surface area contributed by atoms with Gasteiger partial charge in [0.25, 0.3) is 5.91 Å². The quantitative estimate of drug-likeness (QED) is 0.782. The monoisotopic (exact) mass is 359 g/mol. The highest BCUT2D eigenvalue weighted by Gasteiger charge is 2.26. The molecule has 0 bridgehead atoms. The Hall–Kier alpha value is -2.77. The number of halogens is 1. The van der Waals surface area contributed by atoms with E-state index < -0.39 is 5.95 Å². The van der Waals surface area contributed by atoms with E-state index in [0.29, 0.717) is 36.8 Å². The molecule has 3 heterocycles. The zero-order valence-electron chi connectivity index (χ0n) is 15.1. The number of amides is 1. The molecule has 1 aliphatic rings. The van der Waals surface area contributed by atoms with Crippen LogP contribution in [0.1, 0.15) is 29.3 Å². The van der Waals surface area contributed by atoms with Crippen molar-refractivity contribution in [3.05, 3.63) is 41.9 Å². The number of anilines is 1. The molecule has 1 amide bonds. The number of aromatic nitrogens is 3. The fraction of sp³-hybridized carbons (Fsp3) is 0.444. The maximum absolute atomic E-state index is 13.4. The van der Waals surface area contributed by atoms with Gasteiger partial charge in [-0.2, -0.15) is 4.39 Å². The van der Waals surface area contributed by atoms with Crippen LogP contribution >= 0.6 is 0 Å². The Morgan fingerprint density at radius 2 is 2.08 bits per heavy atom. The molecule has 0 N–H and O–H groups in total. The summed E-state index contributed by atoms with van der Waals surface area (Å²) >= 11 is 0. The highest BCUT2D eigenvalue weighted by atomic mass is 19.1. The normalized spacial score (nSPS) is 17.8. The maximum Gasteiger partial charge on any atom is 0.255 e. The van der Waals surface area contributed by atoms with Crippen molar-refractivity contribution in [2.75, 3.05) is 31.6 Å². The van der Waals surface area contributed by atoms with Gasteiger partial charge in [0.2, 0.25) is 5.95 Å². The Kier molecular flexibility index (Phi) is 5.29. The number of nitrogens with zero attached hydrogens (tertiary/aromatic N) is 5. The molecule has 0 spiro atoms. The van der Waals surface area contributed by atoms with Crippen molar-refractivity contribution >= 4 is 11.7 Å². The number of hydrogen-bond acceptors (Lipinski definition) is 6. The Morgan fingerprint density at radius 1 is 1.27 bits per heavy atom. The molecule has 1 atom stereocenters. The van der Waals surface area contributed by atoms with Crippen molar-refractivity contribution in [3.8, 4) is 5.75 Å². The lowest BCUT2D eigenvalue weighted by molar-refractivity contribution is 0.0764. The summed E-state index contributed by atoms with van der Waals surface area (Å²) in [5.74, 6) is 0.505. The summed E-state index contributed by atoms with van der Waals surface area (Å²) in [6.07, 6.45) is 5.15. The van der Waals surface area contributed by atoms with Crippen LogP contribution in [-0.4, -0.2) is 58.5 Å². The third-order valence-electron chi connectivity index (χ3n) is 4.78. The minimum Gasteiger partial charge on any atom is -0.495 e. The van der Waals surface area contributed by atoms with E-state index in [1.54, 1.807) is 24.4 Å².